The lowest BCUT2D eigenvalue weighted by molar-refractivity contribution is -0.0573. The van der Waals surface area contributed by atoms with Crippen LogP contribution in [0.5, 0.6) is 0 Å². The molecule has 45 heavy (non-hydrogen) atoms. The topological polar surface area (TPSA) is 88.0 Å². The summed E-state index contributed by atoms with van der Waals surface area (Å²) in [4.78, 5) is 10.8. The number of nitrogens with zero attached hydrogens (tertiary/aromatic N) is 2. The summed E-state index contributed by atoms with van der Waals surface area (Å²) < 4.78 is 0. The smallest absolute Gasteiger partial charge is 0.152 e. The van der Waals surface area contributed by atoms with E-state index in [2.05, 4.69) is 50.9 Å². The number of rotatable bonds is 8. The van der Waals surface area contributed by atoms with Crippen molar-refractivity contribution in [3.8, 4) is 0 Å². The normalized spacial score (nSPS) is 33.0. The van der Waals surface area contributed by atoms with E-state index >= 15 is 0 Å². The van der Waals surface area contributed by atoms with Crippen molar-refractivity contribution in [3.63, 3.8) is 0 Å². The van der Waals surface area contributed by atoms with E-state index in [1.165, 1.54) is 57.8 Å². The molecule has 8 atom stereocenters. The zero-order valence-electron chi connectivity index (χ0n) is 28.4. The standard InChI is InChI=1S/C27H46O.C13H11N3O/c1-18(2)7-6-8-19(3)23-11-12-24-22-10-9-20-17-21(28)13-15-26(20,4)25(22)14-16-27(23,24)5;14-11-5-7-12(8-6-11)15-16-13-4-2-1-3-10(13)9-17/h9,18-19,21-25,28H,6-8,10-17H2,1-5H3;1-9H,14H2/t19?,21-,22-,23+,24-,25-,26-,27+;/m0./s1. The van der Waals surface area contributed by atoms with Crippen molar-refractivity contribution in [2.75, 3.05) is 5.73 Å². The first-order valence-corrected chi connectivity index (χ1v) is 17.7. The molecule has 2 aromatic carbocycles. The molecular weight excluding hydrogens is 554 g/mol. The lowest BCUT2D eigenvalue weighted by Gasteiger charge is -2.58. The van der Waals surface area contributed by atoms with Crippen LogP contribution in [0.1, 0.15) is 116 Å². The van der Waals surface area contributed by atoms with Crippen molar-refractivity contribution in [1.82, 2.24) is 0 Å². The van der Waals surface area contributed by atoms with Crippen LogP contribution in [-0.2, 0) is 0 Å². The third-order valence-corrected chi connectivity index (χ3v) is 12.5. The number of nitrogens with two attached hydrogens (primary N) is 1. The highest BCUT2D eigenvalue weighted by atomic mass is 16.3. The van der Waals surface area contributed by atoms with Gasteiger partial charge in [-0.15, -0.1) is 5.11 Å². The van der Waals surface area contributed by atoms with Gasteiger partial charge in [0.05, 0.1) is 17.5 Å². The Bertz CT molecular complexity index is 1350. The third-order valence-electron chi connectivity index (χ3n) is 12.5. The number of benzene rings is 2. The van der Waals surface area contributed by atoms with Gasteiger partial charge in [-0.25, -0.2) is 0 Å². The Morgan fingerprint density at radius 3 is 2.42 bits per heavy atom. The summed E-state index contributed by atoms with van der Waals surface area (Å²) in [6.07, 6.45) is 17.9. The number of fused-ring (bicyclic) bond motifs is 5. The van der Waals surface area contributed by atoms with E-state index in [0.29, 0.717) is 33.5 Å². The summed E-state index contributed by atoms with van der Waals surface area (Å²) in [6.45, 7) is 12.6. The monoisotopic (exact) mass is 611 g/mol. The summed E-state index contributed by atoms with van der Waals surface area (Å²) in [5.41, 5.74) is 10.6. The summed E-state index contributed by atoms with van der Waals surface area (Å²) in [5, 5.41) is 18.3. The fourth-order valence-electron chi connectivity index (χ4n) is 10.00. The van der Waals surface area contributed by atoms with Crippen LogP contribution in [0.25, 0.3) is 0 Å². The van der Waals surface area contributed by atoms with Gasteiger partial charge in [0.25, 0.3) is 0 Å². The Morgan fingerprint density at radius 1 is 0.933 bits per heavy atom. The summed E-state index contributed by atoms with van der Waals surface area (Å²) in [7, 11) is 0. The number of nitrogen functional groups attached to an aromatic ring is 1. The van der Waals surface area contributed by atoms with Crippen LogP contribution >= 0.6 is 0 Å². The number of azo groups is 1. The largest absolute Gasteiger partial charge is 0.399 e. The number of aliphatic hydroxyl groups is 1. The summed E-state index contributed by atoms with van der Waals surface area (Å²) >= 11 is 0. The van der Waals surface area contributed by atoms with Crippen molar-refractivity contribution in [3.05, 3.63) is 65.7 Å². The molecule has 0 bridgehead atoms. The molecule has 0 radical (unpaired) electrons. The van der Waals surface area contributed by atoms with Crippen LogP contribution in [-0.4, -0.2) is 17.5 Å². The average Bonchev–Trinajstić information content (AvgIpc) is 3.39. The van der Waals surface area contributed by atoms with Gasteiger partial charge in [0.2, 0.25) is 0 Å². The first-order valence-electron chi connectivity index (χ1n) is 17.7. The molecule has 3 fully saturated rings. The fraction of sp³-hybridized carbons (Fsp3) is 0.625. The molecular formula is C40H57N3O2. The van der Waals surface area contributed by atoms with Gasteiger partial charge in [0.15, 0.2) is 6.29 Å². The van der Waals surface area contributed by atoms with Gasteiger partial charge in [0.1, 0.15) is 0 Å². The Balaban J connectivity index is 0.000000201. The third kappa shape index (κ3) is 7.29. The summed E-state index contributed by atoms with van der Waals surface area (Å²) in [5.74, 6) is 5.46. The molecule has 6 rings (SSSR count). The minimum absolute atomic E-state index is 0.0766. The van der Waals surface area contributed by atoms with Gasteiger partial charge in [-0.05, 0) is 134 Å². The van der Waals surface area contributed by atoms with E-state index in [4.69, 9.17) is 5.73 Å². The lowest BCUT2D eigenvalue weighted by Crippen LogP contribution is -2.50. The Hall–Kier alpha value is -2.79. The van der Waals surface area contributed by atoms with Crippen molar-refractivity contribution >= 4 is 23.3 Å². The predicted molar refractivity (Wildman–Crippen MR) is 186 cm³/mol. The average molecular weight is 612 g/mol. The van der Waals surface area contributed by atoms with Crippen LogP contribution in [0.3, 0.4) is 0 Å². The number of aldehydes is 1. The maximum atomic E-state index is 10.8. The zero-order chi connectivity index (χ0) is 32.2. The van der Waals surface area contributed by atoms with E-state index in [-0.39, 0.29) is 6.10 Å². The second-order valence-corrected chi connectivity index (χ2v) is 15.7. The zero-order valence-corrected chi connectivity index (χ0v) is 28.4. The molecule has 3 saturated carbocycles. The van der Waals surface area contributed by atoms with Crippen molar-refractivity contribution < 1.29 is 9.90 Å². The van der Waals surface area contributed by atoms with E-state index in [1.807, 2.05) is 6.07 Å². The number of carbonyl (C=O) groups excluding carboxylic acids is 1. The second kappa shape index (κ2) is 14.3. The molecule has 0 amide bonds. The van der Waals surface area contributed by atoms with E-state index in [0.717, 1.165) is 54.6 Å². The maximum Gasteiger partial charge on any atom is 0.152 e. The minimum Gasteiger partial charge on any atom is -0.399 e. The molecule has 244 valence electrons. The van der Waals surface area contributed by atoms with Crippen LogP contribution in [0.15, 0.2) is 70.4 Å². The van der Waals surface area contributed by atoms with Gasteiger partial charge in [-0.1, -0.05) is 77.7 Å². The predicted octanol–water partition coefficient (Wildman–Crippen LogP) is 10.9. The highest BCUT2D eigenvalue weighted by Gasteiger charge is 2.59. The van der Waals surface area contributed by atoms with Crippen LogP contribution in [0.4, 0.5) is 17.1 Å². The van der Waals surface area contributed by atoms with Crippen molar-refractivity contribution in [2.24, 2.45) is 56.6 Å². The Morgan fingerprint density at radius 2 is 1.69 bits per heavy atom. The molecule has 0 saturated heterocycles. The number of allylic oxidation sites excluding steroid dienone is 1. The molecule has 3 N–H and O–H groups in total. The van der Waals surface area contributed by atoms with Crippen LogP contribution in [0.2, 0.25) is 0 Å². The molecule has 5 nitrogen and oxygen atoms in total. The van der Waals surface area contributed by atoms with E-state index in [1.54, 1.807) is 48.0 Å². The van der Waals surface area contributed by atoms with Gasteiger partial charge in [0, 0.05) is 11.3 Å². The second-order valence-electron chi connectivity index (χ2n) is 15.7. The van der Waals surface area contributed by atoms with Gasteiger partial charge in [-0.3, -0.25) is 4.79 Å². The van der Waals surface area contributed by atoms with Crippen molar-refractivity contribution in [2.45, 2.75) is 111 Å². The van der Waals surface area contributed by atoms with Gasteiger partial charge in [-0.2, -0.15) is 5.11 Å². The molecule has 1 unspecified atom stereocenters. The molecule has 2 aromatic rings. The van der Waals surface area contributed by atoms with Crippen LogP contribution < -0.4 is 5.73 Å². The van der Waals surface area contributed by atoms with Gasteiger partial charge >= 0.3 is 0 Å². The first kappa shape index (κ1) is 33.6. The van der Waals surface area contributed by atoms with E-state index < -0.39 is 0 Å². The Kier molecular flexibility index (Phi) is 10.7. The highest BCUT2D eigenvalue weighted by molar-refractivity contribution is 5.82. The molecule has 4 aliphatic rings. The van der Waals surface area contributed by atoms with Crippen molar-refractivity contribution in [1.29, 1.82) is 0 Å². The number of aliphatic hydroxyl groups excluding tert-OH is 1. The Labute approximate surface area is 272 Å². The number of anilines is 1. The molecule has 4 aliphatic carbocycles. The molecule has 0 aromatic heterocycles. The quantitative estimate of drug-likeness (QED) is 0.135. The SMILES string of the molecule is CC(C)CCCC(C)[C@H]1CC[C@H]2[C@@H]3CC=C4C[C@@H](O)CC[C@]4(C)[C@H]3CC[C@]12C.Nc1ccc(N=Nc2ccccc2C=O)cc1. The minimum atomic E-state index is -0.0766. The molecule has 5 heteroatoms. The highest BCUT2D eigenvalue weighted by Crippen LogP contribution is 2.67. The number of carbonyl (C=O) groups is 1. The fourth-order valence-corrected chi connectivity index (χ4v) is 10.00. The molecule has 0 heterocycles. The molecule has 0 aliphatic heterocycles. The van der Waals surface area contributed by atoms with Crippen LogP contribution in [0, 0.1) is 46.3 Å². The van der Waals surface area contributed by atoms with Gasteiger partial charge < -0.3 is 10.8 Å². The first-order chi connectivity index (χ1) is 21.5. The van der Waals surface area contributed by atoms with E-state index in [9.17, 15) is 9.90 Å². The summed E-state index contributed by atoms with van der Waals surface area (Å²) in [6, 6.07) is 14.1. The molecule has 0 spiro atoms. The number of hydrogen-bond donors (Lipinski definition) is 2. The lowest BCUT2D eigenvalue weighted by atomic mass is 9.47. The number of hydrogen-bond acceptors (Lipinski definition) is 5. The maximum absolute atomic E-state index is 10.8.